The molecule has 0 atom stereocenters. The molecule has 0 aliphatic heterocycles. The van der Waals surface area contributed by atoms with Crippen LogP contribution < -0.4 is 0 Å². The zero-order chi connectivity index (χ0) is 17.9. The number of hydrogen-bond acceptors (Lipinski definition) is 4. The molecule has 4 nitrogen and oxygen atoms in total. The van der Waals surface area contributed by atoms with Gasteiger partial charge in [0.05, 0.1) is 12.8 Å². The van der Waals surface area contributed by atoms with Gasteiger partial charge >= 0.3 is 0 Å². The lowest BCUT2D eigenvalue weighted by molar-refractivity contribution is 0.364. The van der Waals surface area contributed by atoms with Crippen LogP contribution in [0.5, 0.6) is 0 Å². The van der Waals surface area contributed by atoms with Crippen LogP contribution in [0.4, 0.5) is 8.78 Å². The zero-order valence-electron chi connectivity index (χ0n) is 13.1. The normalized spacial score (nSPS) is 12.0. The number of benzene rings is 1. The number of rotatable bonds is 7. The van der Waals surface area contributed by atoms with Crippen molar-refractivity contribution in [3.05, 3.63) is 76.4 Å². The number of halogens is 2. The Morgan fingerprint density at radius 3 is 2.60 bits per heavy atom. The summed E-state index contributed by atoms with van der Waals surface area (Å²) in [5.74, 6) is -1.49. The summed E-state index contributed by atoms with van der Waals surface area (Å²) in [4.78, 5) is 0.464. The van der Waals surface area contributed by atoms with Crippen LogP contribution >= 0.6 is 11.3 Å². The first-order valence-corrected chi connectivity index (χ1v) is 9.79. The fraction of sp³-hybridized carbons (Fsp3) is 0.176. The Hall–Kier alpha value is -2.03. The van der Waals surface area contributed by atoms with Gasteiger partial charge in [0.25, 0.3) is 0 Å². The monoisotopic (exact) mass is 383 g/mol. The Balaban J connectivity index is 1.90. The van der Waals surface area contributed by atoms with Gasteiger partial charge in [-0.05, 0) is 42.1 Å². The largest absolute Gasteiger partial charge is 0.468 e. The molecule has 0 saturated carbocycles. The van der Waals surface area contributed by atoms with Gasteiger partial charge in [0.2, 0.25) is 10.0 Å². The average molecular weight is 383 g/mol. The fourth-order valence-corrected chi connectivity index (χ4v) is 4.52. The summed E-state index contributed by atoms with van der Waals surface area (Å²) in [6, 6.07) is 9.52. The summed E-state index contributed by atoms with van der Waals surface area (Å²) in [5.41, 5.74) is 0. The van der Waals surface area contributed by atoms with E-state index in [2.05, 4.69) is 0 Å². The van der Waals surface area contributed by atoms with E-state index in [1.165, 1.54) is 17.6 Å². The molecule has 0 fully saturated rings. The molecule has 3 rings (SSSR count). The van der Waals surface area contributed by atoms with Gasteiger partial charge in [-0.3, -0.25) is 0 Å². The first-order chi connectivity index (χ1) is 12.0. The summed E-state index contributed by atoms with van der Waals surface area (Å²) in [7, 11) is -4.14. The maximum atomic E-state index is 14.0. The van der Waals surface area contributed by atoms with Crippen LogP contribution in [0.2, 0.25) is 0 Å². The van der Waals surface area contributed by atoms with E-state index in [1.807, 2.05) is 17.5 Å². The van der Waals surface area contributed by atoms with Crippen LogP contribution in [0.25, 0.3) is 0 Å². The maximum Gasteiger partial charge on any atom is 0.246 e. The van der Waals surface area contributed by atoms with Crippen molar-refractivity contribution >= 4 is 21.4 Å². The molecule has 2 heterocycles. The maximum absolute atomic E-state index is 14.0. The Bertz CT molecular complexity index is 923. The van der Waals surface area contributed by atoms with Crippen molar-refractivity contribution in [2.75, 3.05) is 6.54 Å². The van der Waals surface area contributed by atoms with Gasteiger partial charge in [-0.1, -0.05) is 6.07 Å². The second kappa shape index (κ2) is 7.47. The van der Waals surface area contributed by atoms with Gasteiger partial charge in [-0.15, -0.1) is 11.3 Å². The lowest BCUT2D eigenvalue weighted by Gasteiger charge is -2.21. The van der Waals surface area contributed by atoms with E-state index in [-0.39, 0.29) is 13.1 Å². The molecule has 1 aromatic carbocycles. The minimum absolute atomic E-state index is 0.0302. The van der Waals surface area contributed by atoms with Crippen LogP contribution in [0.15, 0.2) is 63.4 Å². The van der Waals surface area contributed by atoms with Crippen LogP contribution in [0.3, 0.4) is 0 Å². The van der Waals surface area contributed by atoms with Gasteiger partial charge in [0.15, 0.2) is 0 Å². The molecule has 3 aromatic rings. The van der Waals surface area contributed by atoms with Crippen molar-refractivity contribution < 1.29 is 21.6 Å². The molecular formula is C17H15F2NO3S2. The zero-order valence-corrected chi connectivity index (χ0v) is 14.7. The molecule has 0 aliphatic rings. The molecule has 25 heavy (non-hydrogen) atoms. The van der Waals surface area contributed by atoms with E-state index in [0.717, 1.165) is 21.3 Å². The molecule has 0 bridgehead atoms. The lowest BCUT2D eigenvalue weighted by Crippen LogP contribution is -2.33. The first-order valence-electron chi connectivity index (χ1n) is 7.47. The number of thiophene rings is 1. The summed E-state index contributed by atoms with van der Waals surface area (Å²) >= 11 is 1.52. The fourth-order valence-electron chi connectivity index (χ4n) is 2.37. The Morgan fingerprint density at radius 1 is 1.12 bits per heavy atom. The third-order valence-corrected chi connectivity index (χ3v) is 6.43. The van der Waals surface area contributed by atoms with Crippen molar-refractivity contribution in [2.45, 2.75) is 17.9 Å². The topological polar surface area (TPSA) is 50.5 Å². The SMILES string of the molecule is O=S(=O)(c1ccc(F)cc1F)N(CCc1cccs1)Cc1ccco1. The standard InChI is InChI=1S/C17H15F2NO3S2/c18-13-5-6-17(16(19)11-13)25(21,22)20(12-14-3-1-9-23-14)8-7-15-4-2-10-24-15/h1-6,9-11H,7-8,12H2. The molecular weight excluding hydrogens is 368 g/mol. The van der Waals surface area contributed by atoms with Crippen molar-refractivity contribution in [1.29, 1.82) is 0 Å². The van der Waals surface area contributed by atoms with Crippen LogP contribution in [-0.2, 0) is 23.0 Å². The minimum atomic E-state index is -4.14. The van der Waals surface area contributed by atoms with Gasteiger partial charge in [0.1, 0.15) is 22.3 Å². The third kappa shape index (κ3) is 4.15. The highest BCUT2D eigenvalue weighted by atomic mass is 32.2. The van der Waals surface area contributed by atoms with Crippen LogP contribution in [0.1, 0.15) is 10.6 Å². The molecule has 2 aromatic heterocycles. The van der Waals surface area contributed by atoms with Gasteiger partial charge in [-0.25, -0.2) is 17.2 Å². The number of nitrogens with zero attached hydrogens (tertiary/aromatic N) is 1. The molecule has 0 aliphatic carbocycles. The molecule has 0 amide bonds. The summed E-state index contributed by atoms with van der Waals surface area (Å²) in [6.07, 6.45) is 1.93. The molecule has 132 valence electrons. The summed E-state index contributed by atoms with van der Waals surface area (Å²) in [5, 5.41) is 1.90. The minimum Gasteiger partial charge on any atom is -0.468 e. The summed E-state index contributed by atoms with van der Waals surface area (Å²) < 4.78 is 59.3. The number of sulfonamides is 1. The molecule has 0 unspecified atom stereocenters. The van der Waals surface area contributed by atoms with E-state index in [1.54, 1.807) is 12.1 Å². The van der Waals surface area contributed by atoms with Gasteiger partial charge in [0, 0.05) is 17.5 Å². The van der Waals surface area contributed by atoms with E-state index >= 15 is 0 Å². The van der Waals surface area contributed by atoms with Crippen LogP contribution in [0, 0.1) is 11.6 Å². The summed E-state index contributed by atoms with van der Waals surface area (Å²) in [6.45, 7) is 0.123. The Morgan fingerprint density at radius 2 is 1.96 bits per heavy atom. The predicted molar refractivity (Wildman–Crippen MR) is 90.7 cm³/mol. The Kier molecular flexibility index (Phi) is 5.31. The molecule has 0 radical (unpaired) electrons. The van der Waals surface area contributed by atoms with Gasteiger partial charge < -0.3 is 4.42 Å². The van der Waals surface area contributed by atoms with Crippen molar-refractivity contribution in [3.63, 3.8) is 0 Å². The first kappa shape index (κ1) is 17.8. The van der Waals surface area contributed by atoms with Gasteiger partial charge in [-0.2, -0.15) is 4.31 Å². The second-order valence-corrected chi connectivity index (χ2v) is 8.26. The highest BCUT2D eigenvalue weighted by molar-refractivity contribution is 7.89. The lowest BCUT2D eigenvalue weighted by atomic mass is 10.3. The van der Waals surface area contributed by atoms with Crippen molar-refractivity contribution in [1.82, 2.24) is 4.31 Å². The van der Waals surface area contributed by atoms with Crippen LogP contribution in [-0.4, -0.2) is 19.3 Å². The predicted octanol–water partition coefficient (Wildman–Crippen LogP) is 4.05. The molecule has 8 heteroatoms. The Labute approximate surface area is 148 Å². The second-order valence-electron chi connectivity index (χ2n) is 5.32. The van der Waals surface area contributed by atoms with E-state index in [9.17, 15) is 17.2 Å². The quantitative estimate of drug-likeness (QED) is 0.618. The smallest absolute Gasteiger partial charge is 0.246 e. The van der Waals surface area contributed by atoms with Crippen molar-refractivity contribution in [2.24, 2.45) is 0 Å². The van der Waals surface area contributed by atoms with Crippen molar-refractivity contribution in [3.8, 4) is 0 Å². The highest BCUT2D eigenvalue weighted by Crippen LogP contribution is 2.23. The van der Waals surface area contributed by atoms with E-state index in [0.29, 0.717) is 18.2 Å². The highest BCUT2D eigenvalue weighted by Gasteiger charge is 2.28. The molecule has 0 N–H and O–H groups in total. The third-order valence-electron chi connectivity index (χ3n) is 3.61. The number of furan rings is 1. The molecule has 0 saturated heterocycles. The van der Waals surface area contributed by atoms with E-state index < -0.39 is 26.6 Å². The average Bonchev–Trinajstić information content (AvgIpc) is 3.24. The number of hydrogen-bond donors (Lipinski definition) is 0. The molecule has 0 spiro atoms. The van der Waals surface area contributed by atoms with E-state index in [4.69, 9.17) is 4.42 Å².